The topological polar surface area (TPSA) is 28.7 Å². The van der Waals surface area contributed by atoms with Gasteiger partial charge in [-0.15, -0.1) is 12.6 Å². The summed E-state index contributed by atoms with van der Waals surface area (Å²) in [6.07, 6.45) is 1.80. The Labute approximate surface area is 105 Å². The Balaban J connectivity index is 2.16. The summed E-state index contributed by atoms with van der Waals surface area (Å²) < 4.78 is 0. The zero-order valence-electron chi connectivity index (χ0n) is 9.44. The smallest absolute Gasteiger partial charge is 0.162 e. The molecular formula is C14H12N2S. The van der Waals surface area contributed by atoms with Crippen LogP contribution in [-0.4, -0.2) is 9.97 Å². The second kappa shape index (κ2) is 3.93. The van der Waals surface area contributed by atoms with E-state index in [4.69, 9.17) is 0 Å². The van der Waals surface area contributed by atoms with E-state index < -0.39 is 0 Å². The third-order valence-electron chi connectivity index (χ3n) is 2.87. The minimum absolute atomic E-state index is 0.643. The monoisotopic (exact) mass is 240 g/mol. The number of rotatable bonds is 1. The summed E-state index contributed by atoms with van der Waals surface area (Å²) in [4.78, 5) is 7.22. The van der Waals surface area contributed by atoms with Gasteiger partial charge in [0.15, 0.2) is 5.16 Å². The number of nitrogens with zero attached hydrogens (tertiary/aromatic N) is 1. The first-order valence-corrected chi connectivity index (χ1v) is 5.92. The van der Waals surface area contributed by atoms with E-state index in [1.54, 1.807) is 6.20 Å². The van der Waals surface area contributed by atoms with Crippen molar-refractivity contribution in [1.82, 2.24) is 9.97 Å². The lowest BCUT2D eigenvalue weighted by molar-refractivity contribution is 1.07. The number of aromatic nitrogens is 2. The van der Waals surface area contributed by atoms with Crippen molar-refractivity contribution < 1.29 is 0 Å². The Kier molecular flexibility index (Phi) is 2.41. The summed E-state index contributed by atoms with van der Waals surface area (Å²) in [5.74, 6) is 0. The highest BCUT2D eigenvalue weighted by molar-refractivity contribution is 7.80. The number of aryl methyl sites for hydroxylation is 1. The van der Waals surface area contributed by atoms with Gasteiger partial charge < -0.3 is 4.98 Å². The van der Waals surface area contributed by atoms with Gasteiger partial charge in [-0.2, -0.15) is 0 Å². The van der Waals surface area contributed by atoms with E-state index in [9.17, 15) is 0 Å². The summed E-state index contributed by atoms with van der Waals surface area (Å²) in [5, 5.41) is 3.15. The molecule has 0 atom stereocenters. The Morgan fingerprint density at radius 3 is 2.59 bits per heavy atom. The van der Waals surface area contributed by atoms with Gasteiger partial charge in [0.05, 0.1) is 11.9 Å². The summed E-state index contributed by atoms with van der Waals surface area (Å²) in [6, 6.07) is 12.9. The first-order chi connectivity index (χ1) is 8.22. The van der Waals surface area contributed by atoms with Crippen LogP contribution in [0.3, 0.4) is 0 Å². The molecular weight excluding hydrogens is 228 g/mol. The number of fused-ring (bicyclic) bond motifs is 1. The quantitative estimate of drug-likeness (QED) is 0.622. The lowest BCUT2D eigenvalue weighted by Gasteiger charge is -2.02. The van der Waals surface area contributed by atoms with Crippen LogP contribution in [0.1, 0.15) is 5.56 Å². The van der Waals surface area contributed by atoms with Crippen molar-refractivity contribution in [3.8, 4) is 11.3 Å². The molecule has 0 aliphatic rings. The molecule has 17 heavy (non-hydrogen) atoms. The number of nitrogens with one attached hydrogen (secondary N) is 1. The summed E-state index contributed by atoms with van der Waals surface area (Å²) in [7, 11) is 0. The van der Waals surface area contributed by atoms with Crippen LogP contribution in [0, 0.1) is 6.92 Å². The maximum Gasteiger partial charge on any atom is 0.162 e. The van der Waals surface area contributed by atoms with Gasteiger partial charge in [-0.25, -0.2) is 4.98 Å². The fourth-order valence-electron chi connectivity index (χ4n) is 1.99. The molecule has 0 aliphatic carbocycles. The highest BCUT2D eigenvalue weighted by Crippen LogP contribution is 2.24. The summed E-state index contributed by atoms with van der Waals surface area (Å²) >= 11 is 4.18. The molecule has 0 unspecified atom stereocenters. The van der Waals surface area contributed by atoms with Gasteiger partial charge in [-0.1, -0.05) is 35.9 Å². The van der Waals surface area contributed by atoms with E-state index in [0.29, 0.717) is 5.16 Å². The van der Waals surface area contributed by atoms with Gasteiger partial charge in [-0.3, -0.25) is 0 Å². The number of benzene rings is 2. The average molecular weight is 240 g/mol. The van der Waals surface area contributed by atoms with Crippen LogP contribution < -0.4 is 0 Å². The van der Waals surface area contributed by atoms with E-state index in [1.165, 1.54) is 16.3 Å². The Bertz CT molecular complexity index is 686. The largest absolute Gasteiger partial charge is 0.333 e. The van der Waals surface area contributed by atoms with Gasteiger partial charge in [0, 0.05) is 5.56 Å². The van der Waals surface area contributed by atoms with E-state index in [0.717, 1.165) is 11.3 Å². The predicted molar refractivity (Wildman–Crippen MR) is 73.5 cm³/mol. The number of hydrogen-bond donors (Lipinski definition) is 2. The van der Waals surface area contributed by atoms with Gasteiger partial charge in [0.2, 0.25) is 0 Å². The van der Waals surface area contributed by atoms with Gasteiger partial charge in [0.1, 0.15) is 0 Å². The fourth-order valence-corrected chi connectivity index (χ4v) is 2.17. The lowest BCUT2D eigenvalue weighted by Crippen LogP contribution is -1.80. The minimum atomic E-state index is 0.643. The summed E-state index contributed by atoms with van der Waals surface area (Å²) in [5.41, 5.74) is 3.41. The van der Waals surface area contributed by atoms with Crippen molar-refractivity contribution >= 4 is 23.4 Å². The molecule has 84 valence electrons. The molecule has 0 radical (unpaired) electrons. The highest BCUT2D eigenvalue weighted by Gasteiger charge is 2.02. The third-order valence-corrected chi connectivity index (χ3v) is 3.10. The first kappa shape index (κ1) is 10.4. The zero-order valence-corrected chi connectivity index (χ0v) is 10.3. The second-order valence-corrected chi connectivity index (χ2v) is 4.61. The second-order valence-electron chi connectivity index (χ2n) is 4.19. The van der Waals surface area contributed by atoms with Crippen molar-refractivity contribution in [3.05, 3.63) is 48.2 Å². The SMILES string of the molecule is Cc1ccc2cc(-c3cnc(S)[nH]3)ccc2c1. The third kappa shape index (κ3) is 1.94. The molecule has 1 heterocycles. The maximum atomic E-state index is 4.18. The normalized spacial score (nSPS) is 10.9. The van der Waals surface area contributed by atoms with Crippen LogP contribution in [0.25, 0.3) is 22.0 Å². The van der Waals surface area contributed by atoms with E-state index >= 15 is 0 Å². The van der Waals surface area contributed by atoms with Crippen LogP contribution in [0.5, 0.6) is 0 Å². The zero-order chi connectivity index (χ0) is 11.8. The van der Waals surface area contributed by atoms with Crippen LogP contribution in [0.4, 0.5) is 0 Å². The molecule has 3 aromatic rings. The standard InChI is InChI=1S/C14H12N2S/c1-9-2-3-11-7-12(5-4-10(11)6-9)13-8-15-14(17)16-13/h2-8H,1H3,(H2,15,16,17). The van der Waals surface area contributed by atoms with Crippen LogP contribution >= 0.6 is 12.6 Å². The Morgan fingerprint density at radius 2 is 1.82 bits per heavy atom. The predicted octanol–water partition coefficient (Wildman–Crippen LogP) is 3.83. The Morgan fingerprint density at radius 1 is 1.06 bits per heavy atom. The molecule has 2 aromatic carbocycles. The molecule has 0 amide bonds. The van der Waals surface area contributed by atoms with E-state index in [-0.39, 0.29) is 0 Å². The number of thiol groups is 1. The van der Waals surface area contributed by atoms with Gasteiger partial charge >= 0.3 is 0 Å². The number of imidazole rings is 1. The van der Waals surface area contributed by atoms with Gasteiger partial charge in [-0.05, 0) is 23.8 Å². The molecule has 0 saturated carbocycles. The van der Waals surface area contributed by atoms with E-state index in [2.05, 4.69) is 65.9 Å². The molecule has 0 spiro atoms. The van der Waals surface area contributed by atoms with Crippen molar-refractivity contribution in [2.75, 3.05) is 0 Å². The average Bonchev–Trinajstić information content (AvgIpc) is 2.75. The Hall–Kier alpha value is -1.74. The molecule has 1 N–H and O–H groups in total. The molecule has 0 aliphatic heterocycles. The molecule has 0 saturated heterocycles. The maximum absolute atomic E-state index is 4.18. The number of hydrogen-bond acceptors (Lipinski definition) is 2. The van der Waals surface area contributed by atoms with Crippen molar-refractivity contribution in [2.45, 2.75) is 12.1 Å². The summed E-state index contributed by atoms with van der Waals surface area (Å²) in [6.45, 7) is 2.11. The lowest BCUT2D eigenvalue weighted by atomic mass is 10.0. The molecule has 3 heteroatoms. The first-order valence-electron chi connectivity index (χ1n) is 5.47. The van der Waals surface area contributed by atoms with Crippen molar-refractivity contribution in [2.24, 2.45) is 0 Å². The molecule has 3 rings (SSSR count). The number of H-pyrrole nitrogens is 1. The van der Waals surface area contributed by atoms with Crippen molar-refractivity contribution in [3.63, 3.8) is 0 Å². The minimum Gasteiger partial charge on any atom is -0.333 e. The molecule has 0 fully saturated rings. The highest BCUT2D eigenvalue weighted by atomic mass is 32.1. The van der Waals surface area contributed by atoms with Crippen molar-refractivity contribution in [1.29, 1.82) is 0 Å². The van der Waals surface area contributed by atoms with Crippen LogP contribution in [0.15, 0.2) is 47.8 Å². The van der Waals surface area contributed by atoms with Crippen LogP contribution in [-0.2, 0) is 0 Å². The van der Waals surface area contributed by atoms with Gasteiger partial charge in [0.25, 0.3) is 0 Å². The van der Waals surface area contributed by atoms with E-state index in [1.807, 2.05) is 0 Å². The molecule has 1 aromatic heterocycles. The number of aromatic amines is 1. The van der Waals surface area contributed by atoms with Crippen LogP contribution in [0.2, 0.25) is 0 Å². The molecule has 2 nitrogen and oxygen atoms in total. The fraction of sp³-hybridized carbons (Fsp3) is 0.0714. The molecule has 0 bridgehead atoms.